The number of aromatic hydroxyl groups is 1. The van der Waals surface area contributed by atoms with Crippen LogP contribution in [0, 0.1) is 24.4 Å². The molecule has 0 aromatic heterocycles. The Balaban J connectivity index is 1.62. The van der Waals surface area contributed by atoms with E-state index in [1.54, 1.807) is 6.21 Å². The number of nitrogens with one attached hydrogen (secondary N) is 1. The van der Waals surface area contributed by atoms with Crippen LogP contribution in [0.4, 0.5) is 0 Å². The third-order valence-electron chi connectivity index (χ3n) is 5.04. The van der Waals surface area contributed by atoms with Gasteiger partial charge in [0.25, 0.3) is 0 Å². The number of hydrazone groups is 1. The SMILES string of the molecule is C[C@]12CCCC[C@@H]1[C@@H]2C(=O)N/N=C\c1cc(I)c(O)c(I)c1. The van der Waals surface area contributed by atoms with Crippen molar-refractivity contribution >= 4 is 57.3 Å². The van der Waals surface area contributed by atoms with Gasteiger partial charge in [0.05, 0.1) is 13.4 Å². The highest BCUT2D eigenvalue weighted by Gasteiger charge is 2.64. The molecule has 118 valence electrons. The lowest BCUT2D eigenvalue weighted by molar-refractivity contribution is -0.123. The molecular formula is C16H18I2N2O2. The molecule has 0 spiro atoms. The molecule has 2 aliphatic carbocycles. The Kier molecular flexibility index (Phi) is 4.69. The highest BCUT2D eigenvalue weighted by Crippen LogP contribution is 2.66. The van der Waals surface area contributed by atoms with Crippen LogP contribution >= 0.6 is 45.2 Å². The van der Waals surface area contributed by atoms with Crippen LogP contribution in [0.5, 0.6) is 5.75 Å². The number of hydrogen-bond donors (Lipinski definition) is 2. The van der Waals surface area contributed by atoms with E-state index in [4.69, 9.17) is 0 Å². The Labute approximate surface area is 157 Å². The minimum absolute atomic E-state index is 0.0498. The van der Waals surface area contributed by atoms with Crippen LogP contribution in [-0.2, 0) is 4.79 Å². The third-order valence-corrected chi connectivity index (χ3v) is 6.69. The summed E-state index contributed by atoms with van der Waals surface area (Å²) < 4.78 is 1.55. The lowest BCUT2D eigenvalue weighted by atomic mass is 9.90. The first-order valence-corrected chi connectivity index (χ1v) is 9.60. The van der Waals surface area contributed by atoms with Gasteiger partial charge in [0.15, 0.2) is 0 Å². The summed E-state index contributed by atoms with van der Waals surface area (Å²) in [5, 5.41) is 13.8. The van der Waals surface area contributed by atoms with Gasteiger partial charge in [-0.15, -0.1) is 0 Å². The molecule has 0 bridgehead atoms. The molecule has 0 radical (unpaired) electrons. The van der Waals surface area contributed by atoms with Crippen LogP contribution < -0.4 is 5.43 Å². The zero-order valence-corrected chi connectivity index (χ0v) is 16.6. The van der Waals surface area contributed by atoms with Crippen LogP contribution in [-0.4, -0.2) is 17.2 Å². The summed E-state index contributed by atoms with van der Waals surface area (Å²) in [6.07, 6.45) is 6.46. The molecule has 2 N–H and O–H groups in total. The monoisotopic (exact) mass is 524 g/mol. The maximum Gasteiger partial charge on any atom is 0.244 e. The molecule has 4 nitrogen and oxygen atoms in total. The number of phenols is 1. The first kappa shape index (κ1) is 16.5. The van der Waals surface area contributed by atoms with Gasteiger partial charge < -0.3 is 5.11 Å². The molecule has 2 fully saturated rings. The average Bonchev–Trinajstić information content (AvgIpc) is 3.10. The quantitative estimate of drug-likeness (QED) is 0.359. The Morgan fingerprint density at radius 1 is 1.41 bits per heavy atom. The minimum atomic E-state index is 0.0498. The van der Waals surface area contributed by atoms with Crippen molar-refractivity contribution in [1.82, 2.24) is 5.43 Å². The predicted molar refractivity (Wildman–Crippen MR) is 103 cm³/mol. The average molecular weight is 524 g/mol. The van der Waals surface area contributed by atoms with Gasteiger partial charge in [-0.3, -0.25) is 4.79 Å². The van der Waals surface area contributed by atoms with Gasteiger partial charge in [-0.25, -0.2) is 5.43 Å². The first-order chi connectivity index (χ1) is 10.4. The Hall–Kier alpha value is -0.380. The third kappa shape index (κ3) is 3.00. The second-order valence-electron chi connectivity index (χ2n) is 6.40. The molecule has 1 aromatic carbocycles. The van der Waals surface area contributed by atoms with E-state index >= 15 is 0 Å². The van der Waals surface area contributed by atoms with Crippen molar-refractivity contribution in [2.45, 2.75) is 32.6 Å². The first-order valence-electron chi connectivity index (χ1n) is 7.44. The molecule has 2 aliphatic rings. The number of halogens is 2. The number of carbonyl (C=O) groups excluding carboxylic acids is 1. The highest BCUT2D eigenvalue weighted by molar-refractivity contribution is 14.1. The fourth-order valence-corrected chi connectivity index (χ4v) is 5.57. The van der Waals surface area contributed by atoms with Crippen molar-refractivity contribution in [3.05, 3.63) is 24.8 Å². The Morgan fingerprint density at radius 3 is 2.68 bits per heavy atom. The van der Waals surface area contributed by atoms with Crippen molar-refractivity contribution < 1.29 is 9.90 Å². The summed E-state index contributed by atoms with van der Waals surface area (Å²) in [5.74, 6) is 1.02. The van der Waals surface area contributed by atoms with Gasteiger partial charge in [0.2, 0.25) is 5.91 Å². The fraction of sp³-hybridized carbons (Fsp3) is 0.500. The summed E-state index contributed by atoms with van der Waals surface area (Å²) in [5.41, 5.74) is 3.77. The van der Waals surface area contributed by atoms with Gasteiger partial charge in [-0.05, 0) is 87.1 Å². The van der Waals surface area contributed by atoms with E-state index in [1.165, 1.54) is 19.3 Å². The molecule has 6 heteroatoms. The second-order valence-corrected chi connectivity index (χ2v) is 8.73. The zero-order chi connectivity index (χ0) is 15.9. The highest BCUT2D eigenvalue weighted by atomic mass is 127. The smallest absolute Gasteiger partial charge is 0.244 e. The fourth-order valence-electron chi connectivity index (χ4n) is 3.75. The normalized spacial score (nSPS) is 30.1. The van der Waals surface area contributed by atoms with Crippen LogP contribution in [0.25, 0.3) is 0 Å². The number of benzene rings is 1. The lowest BCUT2D eigenvalue weighted by Gasteiger charge is -2.15. The molecule has 2 saturated carbocycles. The summed E-state index contributed by atoms with van der Waals surface area (Å²) in [7, 11) is 0. The van der Waals surface area contributed by atoms with Crippen LogP contribution in [0.2, 0.25) is 0 Å². The van der Waals surface area contributed by atoms with Crippen LogP contribution in [0.3, 0.4) is 0 Å². The van der Waals surface area contributed by atoms with E-state index in [0.717, 1.165) is 19.1 Å². The maximum absolute atomic E-state index is 12.3. The minimum Gasteiger partial charge on any atom is -0.506 e. The van der Waals surface area contributed by atoms with E-state index in [0.29, 0.717) is 5.92 Å². The molecule has 0 heterocycles. The molecule has 0 unspecified atom stereocenters. The number of nitrogens with zero attached hydrogens (tertiary/aromatic N) is 1. The number of amides is 1. The second kappa shape index (κ2) is 6.26. The number of phenolic OH excluding ortho intramolecular Hbond substituents is 1. The van der Waals surface area contributed by atoms with E-state index in [2.05, 4.69) is 62.6 Å². The van der Waals surface area contributed by atoms with Crippen molar-refractivity contribution in [1.29, 1.82) is 0 Å². The number of fused-ring (bicyclic) bond motifs is 1. The summed E-state index contributed by atoms with van der Waals surface area (Å²) in [4.78, 5) is 12.3. The summed E-state index contributed by atoms with van der Waals surface area (Å²) in [6.45, 7) is 2.23. The molecule has 0 saturated heterocycles. The topological polar surface area (TPSA) is 61.7 Å². The lowest BCUT2D eigenvalue weighted by Crippen LogP contribution is -2.22. The van der Waals surface area contributed by atoms with Gasteiger partial charge in [0, 0.05) is 5.92 Å². The molecular weight excluding hydrogens is 506 g/mol. The van der Waals surface area contributed by atoms with Gasteiger partial charge in [0.1, 0.15) is 5.75 Å². The van der Waals surface area contributed by atoms with Crippen molar-refractivity contribution in [2.75, 3.05) is 0 Å². The number of rotatable bonds is 3. The molecule has 3 rings (SSSR count). The number of hydrogen-bond acceptors (Lipinski definition) is 3. The predicted octanol–water partition coefficient (Wildman–Crippen LogP) is 3.88. The van der Waals surface area contributed by atoms with Gasteiger partial charge in [-0.2, -0.15) is 5.10 Å². The number of carbonyl (C=O) groups is 1. The standard InChI is InChI=1S/C16H18I2N2O2/c1-16-5-3-2-4-10(16)13(16)15(22)20-19-8-9-6-11(17)14(21)12(18)7-9/h6-8,10,13,21H,2-5H2,1H3,(H,20,22)/b19-8-/t10-,13-,16+/m1/s1. The zero-order valence-electron chi connectivity index (χ0n) is 12.3. The van der Waals surface area contributed by atoms with Crippen LogP contribution in [0.15, 0.2) is 17.2 Å². The van der Waals surface area contributed by atoms with E-state index in [1.807, 2.05) is 12.1 Å². The van der Waals surface area contributed by atoms with E-state index in [9.17, 15) is 9.90 Å². The van der Waals surface area contributed by atoms with Gasteiger partial charge in [-0.1, -0.05) is 19.8 Å². The summed E-state index contributed by atoms with van der Waals surface area (Å²) >= 11 is 4.16. The largest absolute Gasteiger partial charge is 0.506 e. The molecule has 1 aromatic rings. The van der Waals surface area contributed by atoms with Crippen LogP contribution in [0.1, 0.15) is 38.2 Å². The van der Waals surface area contributed by atoms with Crippen molar-refractivity contribution in [2.24, 2.45) is 22.4 Å². The van der Waals surface area contributed by atoms with Crippen molar-refractivity contribution in [3.63, 3.8) is 0 Å². The molecule has 0 aliphatic heterocycles. The Morgan fingerprint density at radius 2 is 2.09 bits per heavy atom. The van der Waals surface area contributed by atoms with Gasteiger partial charge >= 0.3 is 0 Å². The molecule has 1 amide bonds. The van der Waals surface area contributed by atoms with Crippen molar-refractivity contribution in [3.8, 4) is 5.75 Å². The molecule has 3 atom stereocenters. The van der Waals surface area contributed by atoms with E-state index in [-0.39, 0.29) is 23.0 Å². The molecule has 22 heavy (non-hydrogen) atoms. The van der Waals surface area contributed by atoms with E-state index < -0.39 is 0 Å². The summed E-state index contributed by atoms with van der Waals surface area (Å²) in [6, 6.07) is 3.68. The Bertz CT molecular complexity index is 624. The maximum atomic E-state index is 12.3.